The number of rotatable bonds is 6. The fourth-order valence-corrected chi connectivity index (χ4v) is 1.64. The van der Waals surface area contributed by atoms with Crippen LogP contribution >= 0.6 is 0 Å². The Morgan fingerprint density at radius 3 is 2.79 bits per heavy atom. The maximum absolute atomic E-state index is 5.11. The minimum atomic E-state index is 0.291. The third kappa shape index (κ3) is 2.98. The number of aromatic nitrogens is 5. The van der Waals surface area contributed by atoms with E-state index in [1.54, 1.807) is 6.20 Å². The van der Waals surface area contributed by atoms with Crippen LogP contribution in [-0.2, 0) is 6.42 Å². The summed E-state index contributed by atoms with van der Waals surface area (Å²) in [5.74, 6) is 1.92. The molecule has 0 aromatic carbocycles. The topological polar surface area (TPSA) is 77.8 Å². The van der Waals surface area contributed by atoms with E-state index in [0.29, 0.717) is 17.9 Å². The first-order valence-corrected chi connectivity index (χ1v) is 6.35. The van der Waals surface area contributed by atoms with Gasteiger partial charge in [0, 0.05) is 25.4 Å². The number of aryl methyl sites for hydroxylation is 1. The summed E-state index contributed by atoms with van der Waals surface area (Å²) in [6.45, 7) is 4.92. The summed E-state index contributed by atoms with van der Waals surface area (Å²) in [4.78, 5) is 17.1. The van der Waals surface area contributed by atoms with Crippen molar-refractivity contribution in [3.8, 4) is 12.0 Å². The molecule has 2 rings (SSSR count). The van der Waals surface area contributed by atoms with Gasteiger partial charge in [-0.1, -0.05) is 13.8 Å². The Morgan fingerprint density at radius 1 is 1.26 bits per heavy atom. The molecule has 0 aliphatic heterocycles. The lowest BCUT2D eigenvalue weighted by Gasteiger charge is -2.09. The molecule has 0 aliphatic rings. The molecule has 0 unspecified atom stereocenters. The fraction of sp³-hybridized carbons (Fsp3) is 0.500. The Hall–Kier alpha value is -2.18. The zero-order valence-corrected chi connectivity index (χ0v) is 11.4. The number of nitrogens with one attached hydrogen (secondary N) is 1. The molecule has 0 bridgehead atoms. The summed E-state index contributed by atoms with van der Waals surface area (Å²) >= 11 is 0. The third-order valence-electron chi connectivity index (χ3n) is 2.57. The van der Waals surface area contributed by atoms with Crippen molar-refractivity contribution in [3.63, 3.8) is 0 Å². The second kappa shape index (κ2) is 6.12. The molecular weight excluding hydrogens is 244 g/mol. The van der Waals surface area contributed by atoms with E-state index in [-0.39, 0.29) is 0 Å². The molecule has 0 amide bonds. The SMILES string of the molecule is CCCNc1nc(OC)nc(-n2ccnc2CC)n1. The first kappa shape index (κ1) is 13.3. The summed E-state index contributed by atoms with van der Waals surface area (Å²) in [6.07, 6.45) is 5.36. The lowest BCUT2D eigenvalue weighted by atomic mass is 10.4. The summed E-state index contributed by atoms with van der Waals surface area (Å²) in [7, 11) is 1.54. The Labute approximate surface area is 112 Å². The van der Waals surface area contributed by atoms with Crippen LogP contribution in [0.5, 0.6) is 6.01 Å². The Morgan fingerprint density at radius 2 is 2.11 bits per heavy atom. The van der Waals surface area contributed by atoms with Gasteiger partial charge in [0.25, 0.3) is 0 Å². The highest BCUT2D eigenvalue weighted by molar-refractivity contribution is 5.31. The number of imidazole rings is 1. The predicted octanol–water partition coefficient (Wildman–Crippen LogP) is 1.45. The van der Waals surface area contributed by atoms with Crippen molar-refractivity contribution in [1.29, 1.82) is 0 Å². The Bertz CT molecular complexity index is 539. The van der Waals surface area contributed by atoms with Crippen LogP contribution in [0.25, 0.3) is 5.95 Å². The molecule has 0 fully saturated rings. The molecule has 0 saturated carbocycles. The van der Waals surface area contributed by atoms with Crippen molar-refractivity contribution in [2.75, 3.05) is 19.0 Å². The maximum Gasteiger partial charge on any atom is 0.322 e. The first-order chi connectivity index (χ1) is 9.28. The summed E-state index contributed by atoms with van der Waals surface area (Å²) in [5.41, 5.74) is 0. The third-order valence-corrected chi connectivity index (χ3v) is 2.57. The number of methoxy groups -OCH3 is 1. The van der Waals surface area contributed by atoms with Gasteiger partial charge in [-0.05, 0) is 6.42 Å². The van der Waals surface area contributed by atoms with Crippen LogP contribution in [-0.4, -0.2) is 38.2 Å². The Kier molecular flexibility index (Phi) is 4.27. The number of nitrogens with zero attached hydrogens (tertiary/aromatic N) is 5. The van der Waals surface area contributed by atoms with E-state index in [2.05, 4.69) is 32.2 Å². The Balaban J connectivity index is 2.38. The molecule has 7 nitrogen and oxygen atoms in total. The number of hydrogen-bond donors (Lipinski definition) is 1. The van der Waals surface area contributed by atoms with Gasteiger partial charge in [-0.2, -0.15) is 15.0 Å². The monoisotopic (exact) mass is 262 g/mol. The van der Waals surface area contributed by atoms with Gasteiger partial charge < -0.3 is 10.1 Å². The molecule has 19 heavy (non-hydrogen) atoms. The highest BCUT2D eigenvalue weighted by Gasteiger charge is 2.10. The predicted molar refractivity (Wildman–Crippen MR) is 71.7 cm³/mol. The number of hydrogen-bond acceptors (Lipinski definition) is 6. The molecule has 2 aromatic heterocycles. The summed E-state index contributed by atoms with van der Waals surface area (Å²) in [5, 5.41) is 3.13. The highest BCUT2D eigenvalue weighted by atomic mass is 16.5. The number of anilines is 1. The molecule has 7 heteroatoms. The van der Waals surface area contributed by atoms with Crippen LogP contribution < -0.4 is 10.1 Å². The minimum Gasteiger partial charge on any atom is -0.467 e. The molecule has 2 heterocycles. The lowest BCUT2D eigenvalue weighted by molar-refractivity contribution is 0.378. The lowest BCUT2D eigenvalue weighted by Crippen LogP contribution is -2.11. The highest BCUT2D eigenvalue weighted by Crippen LogP contribution is 2.12. The zero-order chi connectivity index (χ0) is 13.7. The average molecular weight is 262 g/mol. The van der Waals surface area contributed by atoms with Crippen molar-refractivity contribution in [1.82, 2.24) is 24.5 Å². The fourth-order valence-electron chi connectivity index (χ4n) is 1.64. The van der Waals surface area contributed by atoms with Gasteiger partial charge >= 0.3 is 6.01 Å². The molecule has 0 spiro atoms. The van der Waals surface area contributed by atoms with Crippen LogP contribution in [0.3, 0.4) is 0 Å². The van der Waals surface area contributed by atoms with Gasteiger partial charge in [-0.15, -0.1) is 0 Å². The standard InChI is InChI=1S/C12H18N6O/c1-4-6-14-10-15-11(17-12(16-10)19-3)18-8-7-13-9(18)5-2/h7-8H,4-6H2,1-3H3,(H,14,15,16,17). The molecule has 0 aliphatic carbocycles. The van der Waals surface area contributed by atoms with Crippen molar-refractivity contribution in [3.05, 3.63) is 18.2 Å². The molecule has 0 atom stereocenters. The number of ether oxygens (including phenoxy) is 1. The van der Waals surface area contributed by atoms with Crippen molar-refractivity contribution in [2.45, 2.75) is 26.7 Å². The molecule has 2 aromatic rings. The second-order valence-corrected chi connectivity index (χ2v) is 3.94. The van der Waals surface area contributed by atoms with Crippen LogP contribution in [0.1, 0.15) is 26.1 Å². The van der Waals surface area contributed by atoms with Gasteiger partial charge in [0.15, 0.2) is 0 Å². The van der Waals surface area contributed by atoms with Crippen LogP contribution in [0.15, 0.2) is 12.4 Å². The summed E-state index contributed by atoms with van der Waals surface area (Å²) < 4.78 is 6.95. The van der Waals surface area contributed by atoms with Gasteiger partial charge in [-0.25, -0.2) is 4.98 Å². The van der Waals surface area contributed by atoms with E-state index in [9.17, 15) is 0 Å². The van der Waals surface area contributed by atoms with Crippen LogP contribution in [0, 0.1) is 0 Å². The van der Waals surface area contributed by atoms with Gasteiger partial charge in [0.05, 0.1) is 7.11 Å². The average Bonchev–Trinajstić information content (AvgIpc) is 2.93. The van der Waals surface area contributed by atoms with E-state index in [4.69, 9.17) is 4.74 Å². The quantitative estimate of drug-likeness (QED) is 0.849. The summed E-state index contributed by atoms with van der Waals surface area (Å²) in [6, 6.07) is 0.291. The molecular formula is C12H18N6O. The normalized spacial score (nSPS) is 10.5. The van der Waals surface area contributed by atoms with Crippen molar-refractivity contribution in [2.24, 2.45) is 0 Å². The zero-order valence-electron chi connectivity index (χ0n) is 11.4. The first-order valence-electron chi connectivity index (χ1n) is 6.35. The van der Waals surface area contributed by atoms with E-state index in [1.807, 2.05) is 17.7 Å². The molecule has 1 N–H and O–H groups in total. The molecule has 102 valence electrons. The largest absolute Gasteiger partial charge is 0.467 e. The van der Waals surface area contributed by atoms with E-state index < -0.39 is 0 Å². The molecule has 0 saturated heterocycles. The second-order valence-electron chi connectivity index (χ2n) is 3.94. The van der Waals surface area contributed by atoms with Crippen molar-refractivity contribution >= 4 is 5.95 Å². The van der Waals surface area contributed by atoms with Crippen molar-refractivity contribution < 1.29 is 4.74 Å². The van der Waals surface area contributed by atoms with Crippen LogP contribution in [0.4, 0.5) is 5.95 Å². The molecule has 0 radical (unpaired) electrons. The van der Waals surface area contributed by atoms with E-state index in [0.717, 1.165) is 25.2 Å². The van der Waals surface area contributed by atoms with E-state index in [1.165, 1.54) is 7.11 Å². The minimum absolute atomic E-state index is 0.291. The van der Waals surface area contributed by atoms with Crippen LogP contribution in [0.2, 0.25) is 0 Å². The smallest absolute Gasteiger partial charge is 0.322 e. The van der Waals surface area contributed by atoms with Gasteiger partial charge in [0.1, 0.15) is 5.82 Å². The van der Waals surface area contributed by atoms with Gasteiger partial charge in [0.2, 0.25) is 11.9 Å². The van der Waals surface area contributed by atoms with E-state index >= 15 is 0 Å². The van der Waals surface area contributed by atoms with Gasteiger partial charge in [-0.3, -0.25) is 4.57 Å². The maximum atomic E-state index is 5.11.